The first kappa shape index (κ1) is 46.0. The summed E-state index contributed by atoms with van der Waals surface area (Å²) in [6.07, 6.45) is -2.99. The molecular weight excluding hydrogens is 787 g/mol. The quantitative estimate of drug-likeness (QED) is 0.0688. The summed E-state index contributed by atoms with van der Waals surface area (Å²) in [5, 5.41) is 16.2. The number of carbonyl (C=O) groups is 5. The number of hydrogen-bond donors (Lipinski definition) is 6. The zero-order valence-electron chi connectivity index (χ0n) is 32.7. The highest BCUT2D eigenvalue weighted by Crippen LogP contribution is 2.19. The predicted octanol–water partition coefficient (Wildman–Crippen LogP) is 4.36. The number of hydrogen-bond acceptors (Lipinski definition) is 9. The minimum atomic E-state index is -5.08. The summed E-state index contributed by atoms with van der Waals surface area (Å²) >= 11 is 0. The molecule has 0 saturated heterocycles. The molecule has 1 aromatic heterocycles. The molecule has 5 rings (SSSR count). The minimum absolute atomic E-state index is 0.0655. The van der Waals surface area contributed by atoms with Crippen LogP contribution in [0.4, 0.5) is 13.2 Å². The normalized spacial score (nSPS) is 13.0. The first-order valence-corrected chi connectivity index (χ1v) is 18.6. The first-order chi connectivity index (χ1) is 28.6. The Morgan fingerprint density at radius 2 is 1.27 bits per heavy atom. The van der Waals surface area contributed by atoms with Crippen molar-refractivity contribution in [2.24, 2.45) is 5.73 Å². The van der Waals surface area contributed by atoms with Crippen LogP contribution in [0.5, 0.6) is 5.75 Å². The van der Waals surface area contributed by atoms with Gasteiger partial charge in [0.15, 0.2) is 0 Å². The van der Waals surface area contributed by atoms with E-state index in [-0.39, 0.29) is 26.1 Å². The molecule has 0 bridgehead atoms. The third-order valence-corrected chi connectivity index (χ3v) is 8.88. The van der Waals surface area contributed by atoms with Crippen LogP contribution in [-0.4, -0.2) is 83.8 Å². The van der Waals surface area contributed by atoms with Crippen molar-refractivity contribution in [1.29, 1.82) is 0 Å². The van der Waals surface area contributed by atoms with Crippen LogP contribution in [-0.2, 0) is 59.5 Å². The van der Waals surface area contributed by atoms with Crippen molar-refractivity contribution in [2.75, 3.05) is 13.7 Å². The van der Waals surface area contributed by atoms with Crippen LogP contribution in [0.25, 0.3) is 10.9 Å². The average Bonchev–Trinajstić information content (AvgIpc) is 3.65. The van der Waals surface area contributed by atoms with Crippen molar-refractivity contribution < 1.29 is 56.5 Å². The number of alkyl halides is 3. The second kappa shape index (κ2) is 22.4. The maximum absolute atomic E-state index is 13.9. The lowest BCUT2D eigenvalue weighted by Crippen LogP contribution is -2.58. The highest BCUT2D eigenvalue weighted by Gasteiger charge is 2.38. The molecule has 0 aliphatic carbocycles. The fraction of sp³-hybridized carbons (Fsp3) is 0.279. The number of carbonyl (C=O) groups excluding carboxylic acids is 4. The molecule has 0 spiro atoms. The number of H-pyrrole nitrogens is 1. The SMILES string of the molecule is COC(=O)[C@@H](C)NC(=O)[C@@H](Cc1ccc(OCc2ccccc2)cc1)NC(=O)[C@H](COCc1ccccc1)NC(=O)[C@@H](N)Cc1c[nH]c2ccccc12.O=C(O)C(F)(F)F. The number of amides is 3. The van der Waals surface area contributed by atoms with Gasteiger partial charge in [-0.05, 0) is 53.8 Å². The van der Waals surface area contributed by atoms with Gasteiger partial charge >= 0.3 is 18.1 Å². The van der Waals surface area contributed by atoms with Crippen LogP contribution in [0.15, 0.2) is 115 Å². The third-order valence-electron chi connectivity index (χ3n) is 8.88. The largest absolute Gasteiger partial charge is 0.490 e. The number of benzene rings is 4. The summed E-state index contributed by atoms with van der Waals surface area (Å²) in [6, 6.07) is 29.7. The van der Waals surface area contributed by atoms with E-state index in [0.29, 0.717) is 17.9 Å². The second-order valence-corrected chi connectivity index (χ2v) is 13.5. The molecule has 3 amide bonds. The zero-order valence-corrected chi connectivity index (χ0v) is 32.7. The number of para-hydroxylation sites is 1. The Morgan fingerprint density at radius 1 is 0.717 bits per heavy atom. The van der Waals surface area contributed by atoms with Gasteiger partial charge in [-0.1, -0.05) is 91.0 Å². The number of nitrogens with one attached hydrogen (secondary N) is 4. The standard InChI is InChI=1S/C41H45N5O7.C2HF3O2/c1-27(41(50)51-2)44-39(48)36(21-28-17-19-32(20-18-28)53-25-30-13-7-4-8-14-30)45-40(49)37(26-52-24-29-11-5-3-6-12-29)46-38(47)34(42)22-31-23-43-35-16-10-9-15-33(31)35;3-2(4,5)1(6)7/h3-20,23,27,34,36-37,43H,21-22,24-26,42H2,1-2H3,(H,44,48)(H,45,49)(H,46,47);(H,6,7)/t27-,34+,36-,37+;/m1./s1. The number of aromatic nitrogens is 1. The first-order valence-electron chi connectivity index (χ1n) is 18.6. The van der Waals surface area contributed by atoms with Gasteiger partial charge in [0.05, 0.1) is 26.4 Å². The number of carboxylic acids is 1. The Hall–Kier alpha value is -6.72. The Balaban J connectivity index is 0.00000104. The van der Waals surface area contributed by atoms with Gasteiger partial charge in [0.25, 0.3) is 0 Å². The van der Waals surface area contributed by atoms with Gasteiger partial charge in [0.2, 0.25) is 17.7 Å². The van der Waals surface area contributed by atoms with Gasteiger partial charge in [-0.15, -0.1) is 0 Å². The van der Waals surface area contributed by atoms with E-state index in [2.05, 4.69) is 20.9 Å². The molecule has 5 aromatic rings. The molecule has 0 aliphatic rings. The number of halogens is 3. The zero-order chi connectivity index (χ0) is 43.7. The summed E-state index contributed by atoms with van der Waals surface area (Å²) in [5.41, 5.74) is 10.7. The molecule has 14 nitrogen and oxygen atoms in total. The highest BCUT2D eigenvalue weighted by atomic mass is 19.4. The molecule has 1 heterocycles. The topological polar surface area (TPSA) is 211 Å². The van der Waals surface area contributed by atoms with E-state index in [1.54, 1.807) is 24.3 Å². The number of fused-ring (bicyclic) bond motifs is 1. The molecule has 0 radical (unpaired) electrons. The molecule has 318 valence electrons. The lowest BCUT2D eigenvalue weighted by atomic mass is 10.0. The number of aliphatic carboxylic acids is 1. The molecule has 17 heteroatoms. The molecular formula is C43H46F3N5O9. The van der Waals surface area contributed by atoms with Crippen LogP contribution >= 0.6 is 0 Å². The fourth-order valence-corrected chi connectivity index (χ4v) is 5.69. The summed E-state index contributed by atoms with van der Waals surface area (Å²) in [4.78, 5) is 65.2. The number of ether oxygens (including phenoxy) is 3. The molecule has 0 aliphatic heterocycles. The van der Waals surface area contributed by atoms with E-state index >= 15 is 0 Å². The van der Waals surface area contributed by atoms with Crippen molar-refractivity contribution in [3.8, 4) is 5.75 Å². The smallest absolute Gasteiger partial charge is 0.489 e. The predicted molar refractivity (Wildman–Crippen MR) is 214 cm³/mol. The molecule has 0 unspecified atom stereocenters. The summed E-state index contributed by atoms with van der Waals surface area (Å²) in [6.45, 7) is 1.85. The van der Waals surface area contributed by atoms with E-state index < -0.39 is 60.0 Å². The Bertz CT molecular complexity index is 2170. The van der Waals surface area contributed by atoms with Gasteiger partial charge in [-0.2, -0.15) is 13.2 Å². The van der Waals surface area contributed by atoms with Gasteiger partial charge < -0.3 is 46.0 Å². The summed E-state index contributed by atoms with van der Waals surface area (Å²) in [7, 11) is 1.22. The molecule has 4 atom stereocenters. The number of aromatic amines is 1. The van der Waals surface area contributed by atoms with E-state index in [1.165, 1.54) is 14.0 Å². The van der Waals surface area contributed by atoms with Gasteiger partial charge in [0, 0.05) is 23.5 Å². The third kappa shape index (κ3) is 14.6. The maximum atomic E-state index is 13.9. The van der Waals surface area contributed by atoms with Crippen LogP contribution in [0.2, 0.25) is 0 Å². The highest BCUT2D eigenvalue weighted by molar-refractivity contribution is 5.94. The summed E-state index contributed by atoms with van der Waals surface area (Å²) < 4.78 is 48.3. The van der Waals surface area contributed by atoms with Crippen LogP contribution in [0, 0.1) is 0 Å². The monoisotopic (exact) mass is 833 g/mol. The fourth-order valence-electron chi connectivity index (χ4n) is 5.69. The van der Waals surface area contributed by atoms with Crippen molar-refractivity contribution in [1.82, 2.24) is 20.9 Å². The molecule has 4 aromatic carbocycles. The molecule has 0 saturated carbocycles. The van der Waals surface area contributed by atoms with Crippen LogP contribution < -0.4 is 26.4 Å². The number of nitrogens with two attached hydrogens (primary N) is 1. The van der Waals surface area contributed by atoms with Gasteiger partial charge in [-0.25, -0.2) is 9.59 Å². The number of carboxylic acid groups (broad SMARTS) is 1. The minimum Gasteiger partial charge on any atom is -0.489 e. The summed E-state index contributed by atoms with van der Waals surface area (Å²) in [5.74, 6) is -4.62. The molecule has 7 N–H and O–H groups in total. The van der Waals surface area contributed by atoms with Crippen molar-refractivity contribution in [3.63, 3.8) is 0 Å². The van der Waals surface area contributed by atoms with Crippen molar-refractivity contribution in [3.05, 3.63) is 138 Å². The van der Waals surface area contributed by atoms with Gasteiger partial charge in [-0.3, -0.25) is 14.4 Å². The molecule has 60 heavy (non-hydrogen) atoms. The molecule has 0 fully saturated rings. The van der Waals surface area contributed by atoms with E-state index in [4.69, 9.17) is 29.8 Å². The number of rotatable bonds is 18. The number of methoxy groups -OCH3 is 1. The van der Waals surface area contributed by atoms with Crippen LogP contribution in [0.1, 0.15) is 29.2 Å². The maximum Gasteiger partial charge on any atom is 0.490 e. The number of esters is 1. The lowest BCUT2D eigenvalue weighted by molar-refractivity contribution is -0.192. The Morgan fingerprint density at radius 3 is 1.87 bits per heavy atom. The Labute approximate surface area is 343 Å². The second-order valence-electron chi connectivity index (χ2n) is 13.5. The Kier molecular flexibility index (Phi) is 17.2. The average molecular weight is 834 g/mol. The van der Waals surface area contributed by atoms with E-state index in [1.807, 2.05) is 91.1 Å². The lowest BCUT2D eigenvalue weighted by Gasteiger charge is -2.25. The van der Waals surface area contributed by atoms with Gasteiger partial charge in [0.1, 0.15) is 30.5 Å². The van der Waals surface area contributed by atoms with E-state index in [0.717, 1.165) is 27.6 Å². The van der Waals surface area contributed by atoms with Crippen LogP contribution in [0.3, 0.4) is 0 Å². The van der Waals surface area contributed by atoms with Crippen molar-refractivity contribution >= 4 is 40.6 Å². The van der Waals surface area contributed by atoms with E-state index in [9.17, 15) is 32.3 Å². The van der Waals surface area contributed by atoms with Crippen molar-refractivity contribution in [2.45, 2.75) is 63.3 Å².